The number of likely N-dealkylation sites (tertiary alicyclic amines) is 1. The number of piperidine rings is 1. The van der Waals surface area contributed by atoms with Crippen molar-refractivity contribution in [3.05, 3.63) is 0 Å². The lowest BCUT2D eigenvalue weighted by Gasteiger charge is -2.33. The van der Waals surface area contributed by atoms with Gasteiger partial charge in [-0.05, 0) is 32.1 Å². The standard InChI is InChI=1S/C14H24N2O3/c17-13(10-15-11-6-2-1-3-7-11)16-9-5-4-8-12(16)14(18)19/h11-12,15H,1-10H2,(H,18,19). The van der Waals surface area contributed by atoms with Gasteiger partial charge in [0.2, 0.25) is 5.91 Å². The van der Waals surface area contributed by atoms with Crippen LogP contribution in [-0.2, 0) is 9.59 Å². The number of amides is 1. The van der Waals surface area contributed by atoms with Gasteiger partial charge in [0.15, 0.2) is 0 Å². The molecule has 5 heteroatoms. The first-order chi connectivity index (χ1) is 9.18. The number of carboxylic acids is 1. The number of hydrogen-bond acceptors (Lipinski definition) is 3. The average Bonchev–Trinajstić information content (AvgIpc) is 2.46. The molecule has 5 nitrogen and oxygen atoms in total. The molecule has 2 rings (SSSR count). The largest absolute Gasteiger partial charge is 0.480 e. The van der Waals surface area contributed by atoms with Crippen LogP contribution in [0.25, 0.3) is 0 Å². The van der Waals surface area contributed by atoms with Crippen molar-refractivity contribution in [3.63, 3.8) is 0 Å². The van der Waals surface area contributed by atoms with E-state index >= 15 is 0 Å². The Morgan fingerprint density at radius 1 is 1.05 bits per heavy atom. The molecular weight excluding hydrogens is 244 g/mol. The van der Waals surface area contributed by atoms with Gasteiger partial charge in [-0.1, -0.05) is 19.3 Å². The highest BCUT2D eigenvalue weighted by Crippen LogP contribution is 2.19. The van der Waals surface area contributed by atoms with Crippen LogP contribution in [0.15, 0.2) is 0 Å². The molecule has 0 bridgehead atoms. The summed E-state index contributed by atoms with van der Waals surface area (Å²) < 4.78 is 0. The van der Waals surface area contributed by atoms with Crippen molar-refractivity contribution in [2.24, 2.45) is 0 Å². The molecule has 2 aliphatic rings. The number of hydrogen-bond donors (Lipinski definition) is 2. The number of rotatable bonds is 4. The van der Waals surface area contributed by atoms with Crippen molar-refractivity contribution in [1.82, 2.24) is 10.2 Å². The first-order valence-corrected chi connectivity index (χ1v) is 7.44. The Bertz CT molecular complexity index is 327. The van der Waals surface area contributed by atoms with E-state index in [1.165, 1.54) is 19.3 Å². The smallest absolute Gasteiger partial charge is 0.326 e. The van der Waals surface area contributed by atoms with Crippen molar-refractivity contribution < 1.29 is 14.7 Å². The van der Waals surface area contributed by atoms with Crippen LogP contribution in [0.3, 0.4) is 0 Å². The van der Waals surface area contributed by atoms with Crippen LogP contribution in [-0.4, -0.2) is 47.1 Å². The molecule has 1 saturated carbocycles. The number of aliphatic carboxylic acids is 1. The number of carbonyl (C=O) groups is 2. The third-order valence-corrected chi connectivity index (χ3v) is 4.26. The molecule has 1 heterocycles. The van der Waals surface area contributed by atoms with Gasteiger partial charge >= 0.3 is 5.97 Å². The SMILES string of the molecule is O=C(O)C1CCCCN1C(=O)CNC1CCCCC1. The molecule has 108 valence electrons. The number of carboxylic acid groups (broad SMARTS) is 1. The van der Waals surface area contributed by atoms with Crippen LogP contribution >= 0.6 is 0 Å². The van der Waals surface area contributed by atoms with Gasteiger partial charge in [0.05, 0.1) is 6.54 Å². The second kappa shape index (κ2) is 6.89. The van der Waals surface area contributed by atoms with Gasteiger partial charge in [0, 0.05) is 12.6 Å². The summed E-state index contributed by atoms with van der Waals surface area (Å²) in [6, 6.07) is -0.180. The van der Waals surface area contributed by atoms with Crippen molar-refractivity contribution >= 4 is 11.9 Å². The lowest BCUT2D eigenvalue weighted by Crippen LogP contribution is -2.51. The van der Waals surface area contributed by atoms with E-state index in [1.807, 2.05) is 0 Å². The van der Waals surface area contributed by atoms with Gasteiger partial charge in [-0.25, -0.2) is 4.79 Å². The summed E-state index contributed by atoms with van der Waals surface area (Å²) in [6.07, 6.45) is 8.42. The normalized spacial score (nSPS) is 25.3. The fourth-order valence-electron chi connectivity index (χ4n) is 3.13. The van der Waals surface area contributed by atoms with Crippen molar-refractivity contribution in [2.75, 3.05) is 13.1 Å². The lowest BCUT2D eigenvalue weighted by atomic mass is 9.95. The summed E-state index contributed by atoms with van der Waals surface area (Å²) in [5.74, 6) is -0.927. The maximum atomic E-state index is 12.2. The molecule has 1 atom stereocenters. The average molecular weight is 268 g/mol. The number of nitrogens with zero attached hydrogens (tertiary/aromatic N) is 1. The van der Waals surface area contributed by atoms with Gasteiger partial charge in [0.25, 0.3) is 0 Å². The molecule has 1 aliphatic carbocycles. The Morgan fingerprint density at radius 3 is 2.42 bits per heavy atom. The fourth-order valence-corrected chi connectivity index (χ4v) is 3.13. The Hall–Kier alpha value is -1.10. The molecule has 1 aliphatic heterocycles. The van der Waals surface area contributed by atoms with E-state index in [9.17, 15) is 9.59 Å². The summed E-state index contributed by atoms with van der Waals surface area (Å²) in [7, 11) is 0. The van der Waals surface area contributed by atoms with E-state index in [-0.39, 0.29) is 12.5 Å². The number of nitrogens with one attached hydrogen (secondary N) is 1. The summed E-state index contributed by atoms with van der Waals surface area (Å²) in [4.78, 5) is 24.9. The highest BCUT2D eigenvalue weighted by molar-refractivity contribution is 5.85. The van der Waals surface area contributed by atoms with E-state index in [1.54, 1.807) is 4.90 Å². The van der Waals surface area contributed by atoms with Gasteiger partial charge in [-0.2, -0.15) is 0 Å². The van der Waals surface area contributed by atoms with Crippen LogP contribution in [0.1, 0.15) is 51.4 Å². The zero-order chi connectivity index (χ0) is 13.7. The fraction of sp³-hybridized carbons (Fsp3) is 0.857. The molecule has 19 heavy (non-hydrogen) atoms. The molecule has 0 aromatic heterocycles. The molecular formula is C14H24N2O3. The van der Waals surface area contributed by atoms with Crippen LogP contribution in [0.5, 0.6) is 0 Å². The molecule has 2 N–H and O–H groups in total. The molecule has 1 saturated heterocycles. The predicted octanol–water partition coefficient (Wildman–Crippen LogP) is 1.37. The van der Waals surface area contributed by atoms with Crippen LogP contribution in [0.2, 0.25) is 0 Å². The summed E-state index contributed by atoms with van der Waals surface area (Å²) in [5, 5.41) is 12.5. The molecule has 0 aromatic carbocycles. The van der Waals surface area contributed by atoms with Crippen LogP contribution < -0.4 is 5.32 Å². The Morgan fingerprint density at radius 2 is 1.74 bits per heavy atom. The van der Waals surface area contributed by atoms with Crippen LogP contribution in [0.4, 0.5) is 0 Å². The molecule has 0 radical (unpaired) electrons. The van der Waals surface area contributed by atoms with E-state index in [2.05, 4.69) is 5.32 Å². The van der Waals surface area contributed by atoms with Gasteiger partial charge in [-0.3, -0.25) is 4.79 Å². The zero-order valence-electron chi connectivity index (χ0n) is 11.4. The van der Waals surface area contributed by atoms with E-state index in [0.29, 0.717) is 19.0 Å². The third kappa shape index (κ3) is 3.93. The summed E-state index contributed by atoms with van der Waals surface area (Å²) in [6.45, 7) is 0.872. The van der Waals surface area contributed by atoms with Crippen LogP contribution in [0, 0.1) is 0 Å². The minimum atomic E-state index is -0.870. The monoisotopic (exact) mass is 268 g/mol. The maximum absolute atomic E-state index is 12.2. The highest BCUT2D eigenvalue weighted by atomic mass is 16.4. The zero-order valence-corrected chi connectivity index (χ0v) is 11.4. The van der Waals surface area contributed by atoms with Gasteiger partial charge in [-0.15, -0.1) is 0 Å². The quantitative estimate of drug-likeness (QED) is 0.808. The molecule has 1 unspecified atom stereocenters. The molecule has 1 amide bonds. The minimum Gasteiger partial charge on any atom is -0.480 e. The minimum absolute atomic E-state index is 0.0577. The van der Waals surface area contributed by atoms with E-state index in [4.69, 9.17) is 5.11 Å². The number of carbonyl (C=O) groups excluding carboxylic acids is 1. The lowest BCUT2D eigenvalue weighted by molar-refractivity contribution is -0.151. The summed E-state index contributed by atoms with van der Waals surface area (Å²) >= 11 is 0. The van der Waals surface area contributed by atoms with Crippen molar-refractivity contribution in [1.29, 1.82) is 0 Å². The molecule has 0 aromatic rings. The molecule has 2 fully saturated rings. The van der Waals surface area contributed by atoms with Gasteiger partial charge in [0.1, 0.15) is 6.04 Å². The topological polar surface area (TPSA) is 69.6 Å². The Balaban J connectivity index is 1.81. The maximum Gasteiger partial charge on any atom is 0.326 e. The Kier molecular flexibility index (Phi) is 5.19. The first kappa shape index (κ1) is 14.3. The second-order valence-electron chi connectivity index (χ2n) is 5.65. The van der Waals surface area contributed by atoms with Crippen molar-refractivity contribution in [3.8, 4) is 0 Å². The van der Waals surface area contributed by atoms with Gasteiger partial charge < -0.3 is 15.3 Å². The second-order valence-corrected chi connectivity index (χ2v) is 5.65. The third-order valence-electron chi connectivity index (χ3n) is 4.26. The Labute approximate surface area is 114 Å². The first-order valence-electron chi connectivity index (χ1n) is 7.44. The van der Waals surface area contributed by atoms with Crippen molar-refractivity contribution in [2.45, 2.75) is 63.5 Å². The molecule has 0 spiro atoms. The summed E-state index contributed by atoms with van der Waals surface area (Å²) in [5.41, 5.74) is 0. The van der Waals surface area contributed by atoms with E-state index < -0.39 is 12.0 Å². The predicted molar refractivity (Wildman–Crippen MR) is 71.9 cm³/mol. The van der Waals surface area contributed by atoms with E-state index in [0.717, 1.165) is 25.7 Å². The highest BCUT2D eigenvalue weighted by Gasteiger charge is 2.31.